The zero-order chi connectivity index (χ0) is 23.0. The third kappa shape index (κ3) is 6.83. The normalized spacial score (nSPS) is 17.2. The molecule has 1 amide bonds. The minimum absolute atomic E-state index is 0.0325. The Balaban J connectivity index is 1.71. The highest BCUT2D eigenvalue weighted by Gasteiger charge is 2.35. The topological polar surface area (TPSA) is 63.7 Å². The van der Waals surface area contributed by atoms with E-state index in [1.165, 1.54) is 18.4 Å². The summed E-state index contributed by atoms with van der Waals surface area (Å²) < 4.78 is 30.0. The van der Waals surface area contributed by atoms with Crippen LogP contribution >= 0.6 is 0 Å². The van der Waals surface area contributed by atoms with Gasteiger partial charge in [0.25, 0.3) is 5.91 Å². The standard InChI is InChI=1S/C26H35NO4S/c1-3-5-6-7-17-31-25-14-12-23(13-15-25)26(28)27(24-16-18-32(29,30)20-24)19-22-10-8-21(4-2)9-11-22/h8-15,24H,3-7,16-20H2,1-2H3/t24-/m1/s1. The third-order valence-corrected chi connectivity index (χ3v) is 7.81. The molecule has 0 radical (unpaired) electrons. The number of nitrogens with zero attached hydrogens (tertiary/aromatic N) is 1. The van der Waals surface area contributed by atoms with Gasteiger partial charge in [-0.2, -0.15) is 0 Å². The number of amides is 1. The number of aryl methyl sites for hydroxylation is 1. The van der Waals surface area contributed by atoms with Gasteiger partial charge >= 0.3 is 0 Å². The number of hydrogen-bond donors (Lipinski definition) is 0. The smallest absolute Gasteiger partial charge is 0.254 e. The summed E-state index contributed by atoms with van der Waals surface area (Å²) in [7, 11) is -3.10. The van der Waals surface area contributed by atoms with E-state index in [0.29, 0.717) is 25.1 Å². The fourth-order valence-corrected chi connectivity index (χ4v) is 5.77. The van der Waals surface area contributed by atoms with E-state index in [9.17, 15) is 13.2 Å². The lowest BCUT2D eigenvalue weighted by molar-refractivity contribution is 0.0681. The molecule has 0 N–H and O–H groups in total. The first kappa shape index (κ1) is 24.3. The molecule has 0 aromatic heterocycles. The molecule has 1 heterocycles. The zero-order valence-electron chi connectivity index (χ0n) is 19.3. The van der Waals surface area contributed by atoms with E-state index < -0.39 is 9.84 Å². The number of unbranched alkanes of at least 4 members (excludes halogenated alkanes) is 3. The fraction of sp³-hybridized carbons (Fsp3) is 0.500. The van der Waals surface area contributed by atoms with Crippen LogP contribution in [-0.4, -0.2) is 43.4 Å². The third-order valence-electron chi connectivity index (χ3n) is 6.06. The Labute approximate surface area is 192 Å². The molecule has 1 aliphatic rings. The number of benzene rings is 2. The highest BCUT2D eigenvalue weighted by atomic mass is 32.2. The summed E-state index contributed by atoms with van der Waals surface area (Å²) in [6.45, 7) is 5.36. The van der Waals surface area contributed by atoms with Crippen LogP contribution < -0.4 is 4.74 Å². The highest BCUT2D eigenvalue weighted by Crippen LogP contribution is 2.24. The Kier molecular flexibility index (Phi) is 8.74. The zero-order valence-corrected chi connectivity index (χ0v) is 20.1. The second-order valence-electron chi connectivity index (χ2n) is 8.59. The molecular weight excluding hydrogens is 422 g/mol. The molecule has 1 atom stereocenters. The SMILES string of the molecule is CCCCCCOc1ccc(C(=O)N(Cc2ccc(CC)cc2)[C@@H]2CCS(=O)(=O)C2)cc1. The Morgan fingerprint density at radius 2 is 1.66 bits per heavy atom. The Bertz CT molecular complexity index is 968. The predicted molar refractivity (Wildman–Crippen MR) is 129 cm³/mol. The van der Waals surface area contributed by atoms with Gasteiger partial charge in [0.2, 0.25) is 0 Å². The molecule has 1 saturated heterocycles. The summed E-state index contributed by atoms with van der Waals surface area (Å²) in [6, 6.07) is 15.1. The van der Waals surface area contributed by atoms with Gasteiger partial charge in [-0.15, -0.1) is 0 Å². The maximum absolute atomic E-state index is 13.4. The summed E-state index contributed by atoms with van der Waals surface area (Å²) in [6.07, 6.45) is 6.03. The number of carbonyl (C=O) groups is 1. The minimum Gasteiger partial charge on any atom is -0.494 e. The Hall–Kier alpha value is -2.34. The monoisotopic (exact) mass is 457 g/mol. The maximum Gasteiger partial charge on any atom is 0.254 e. The van der Waals surface area contributed by atoms with Gasteiger partial charge in [-0.3, -0.25) is 4.79 Å². The van der Waals surface area contributed by atoms with Crippen LogP contribution in [0.25, 0.3) is 0 Å². The molecule has 2 aromatic rings. The Morgan fingerprint density at radius 1 is 0.969 bits per heavy atom. The summed E-state index contributed by atoms with van der Waals surface area (Å²) >= 11 is 0. The van der Waals surface area contributed by atoms with Crippen molar-refractivity contribution < 1.29 is 17.9 Å². The van der Waals surface area contributed by atoms with E-state index >= 15 is 0 Å². The molecule has 0 spiro atoms. The van der Waals surface area contributed by atoms with Crippen LogP contribution in [0, 0.1) is 0 Å². The number of ether oxygens (including phenoxy) is 1. The molecule has 1 aliphatic heterocycles. The summed E-state index contributed by atoms with van der Waals surface area (Å²) in [5.41, 5.74) is 2.80. The molecule has 0 unspecified atom stereocenters. The molecule has 3 rings (SSSR count). The average Bonchev–Trinajstić information content (AvgIpc) is 3.17. The summed E-state index contributed by atoms with van der Waals surface area (Å²) in [5, 5.41) is 0. The van der Waals surface area contributed by atoms with Crippen molar-refractivity contribution in [2.75, 3.05) is 18.1 Å². The molecule has 32 heavy (non-hydrogen) atoms. The second-order valence-corrected chi connectivity index (χ2v) is 10.8. The second kappa shape index (κ2) is 11.5. The fourth-order valence-electron chi connectivity index (χ4n) is 4.04. The van der Waals surface area contributed by atoms with Crippen molar-refractivity contribution in [1.82, 2.24) is 4.90 Å². The van der Waals surface area contributed by atoms with Crippen LogP contribution in [-0.2, 0) is 22.8 Å². The van der Waals surface area contributed by atoms with Gasteiger partial charge in [-0.1, -0.05) is 57.4 Å². The molecule has 0 saturated carbocycles. The van der Waals surface area contributed by atoms with E-state index in [0.717, 1.165) is 30.6 Å². The molecule has 0 bridgehead atoms. The van der Waals surface area contributed by atoms with Crippen LogP contribution in [0.15, 0.2) is 48.5 Å². The molecule has 5 nitrogen and oxygen atoms in total. The van der Waals surface area contributed by atoms with Gasteiger partial charge in [0.1, 0.15) is 5.75 Å². The van der Waals surface area contributed by atoms with E-state index in [1.807, 2.05) is 24.3 Å². The number of sulfone groups is 1. The van der Waals surface area contributed by atoms with Crippen molar-refractivity contribution in [3.8, 4) is 5.75 Å². The lowest BCUT2D eigenvalue weighted by atomic mass is 10.1. The summed E-state index contributed by atoms with van der Waals surface area (Å²) in [4.78, 5) is 15.1. The van der Waals surface area contributed by atoms with Crippen molar-refractivity contribution in [3.05, 3.63) is 65.2 Å². The minimum atomic E-state index is -3.10. The molecular formula is C26H35NO4S. The van der Waals surface area contributed by atoms with Crippen molar-refractivity contribution in [2.45, 2.75) is 65.0 Å². The number of rotatable bonds is 11. The Morgan fingerprint density at radius 3 is 2.25 bits per heavy atom. The highest BCUT2D eigenvalue weighted by molar-refractivity contribution is 7.91. The van der Waals surface area contributed by atoms with Gasteiger partial charge < -0.3 is 9.64 Å². The molecule has 6 heteroatoms. The van der Waals surface area contributed by atoms with Crippen molar-refractivity contribution in [3.63, 3.8) is 0 Å². The van der Waals surface area contributed by atoms with Gasteiger partial charge in [-0.05, 0) is 54.7 Å². The lowest BCUT2D eigenvalue weighted by Crippen LogP contribution is -2.40. The first-order chi connectivity index (χ1) is 15.4. The maximum atomic E-state index is 13.4. The van der Waals surface area contributed by atoms with Gasteiger partial charge in [-0.25, -0.2) is 8.42 Å². The average molecular weight is 458 g/mol. The number of hydrogen-bond acceptors (Lipinski definition) is 4. The predicted octanol–water partition coefficient (Wildman–Crippen LogP) is 5.04. The van der Waals surface area contributed by atoms with Crippen molar-refractivity contribution in [1.29, 1.82) is 0 Å². The molecule has 1 fully saturated rings. The van der Waals surface area contributed by atoms with Crippen LogP contribution in [0.5, 0.6) is 5.75 Å². The van der Waals surface area contributed by atoms with Crippen LogP contribution in [0.4, 0.5) is 0 Å². The van der Waals surface area contributed by atoms with Crippen molar-refractivity contribution >= 4 is 15.7 Å². The molecule has 0 aliphatic carbocycles. The van der Waals surface area contributed by atoms with E-state index in [1.54, 1.807) is 17.0 Å². The molecule has 174 valence electrons. The van der Waals surface area contributed by atoms with Crippen molar-refractivity contribution in [2.24, 2.45) is 0 Å². The van der Waals surface area contributed by atoms with Crippen LogP contribution in [0.3, 0.4) is 0 Å². The number of carbonyl (C=O) groups excluding carboxylic acids is 1. The summed E-state index contributed by atoms with van der Waals surface area (Å²) in [5.74, 6) is 0.788. The van der Waals surface area contributed by atoms with Gasteiger partial charge in [0.05, 0.1) is 18.1 Å². The lowest BCUT2D eigenvalue weighted by Gasteiger charge is -2.28. The largest absolute Gasteiger partial charge is 0.494 e. The molecule has 2 aromatic carbocycles. The van der Waals surface area contributed by atoms with E-state index in [2.05, 4.69) is 26.0 Å². The van der Waals surface area contributed by atoms with Crippen LogP contribution in [0.1, 0.15) is 67.4 Å². The van der Waals surface area contributed by atoms with E-state index in [4.69, 9.17) is 4.74 Å². The first-order valence-corrected chi connectivity index (χ1v) is 13.6. The quantitative estimate of drug-likeness (QED) is 0.444. The van der Waals surface area contributed by atoms with Crippen LogP contribution in [0.2, 0.25) is 0 Å². The van der Waals surface area contributed by atoms with E-state index in [-0.39, 0.29) is 23.5 Å². The van der Waals surface area contributed by atoms with Gasteiger partial charge in [0, 0.05) is 18.2 Å². The van der Waals surface area contributed by atoms with Gasteiger partial charge in [0.15, 0.2) is 9.84 Å². The first-order valence-electron chi connectivity index (χ1n) is 11.7.